The molecule has 6 nitrogen and oxygen atoms in total. The number of nitrogens with one attached hydrogen (secondary N) is 2. The van der Waals surface area contributed by atoms with Gasteiger partial charge in [-0.3, -0.25) is 19.9 Å². The Kier molecular flexibility index (Phi) is 5.16. The summed E-state index contributed by atoms with van der Waals surface area (Å²) in [5, 5.41) is 6.33. The predicted molar refractivity (Wildman–Crippen MR) is 108 cm³/mol. The third-order valence-electron chi connectivity index (χ3n) is 4.74. The van der Waals surface area contributed by atoms with Gasteiger partial charge in [-0.2, -0.15) is 0 Å². The van der Waals surface area contributed by atoms with E-state index in [0.29, 0.717) is 17.2 Å². The molecule has 1 aliphatic carbocycles. The van der Waals surface area contributed by atoms with E-state index in [0.717, 1.165) is 34.7 Å². The fourth-order valence-corrected chi connectivity index (χ4v) is 4.25. The number of fused-ring (bicyclic) bond motifs is 1. The van der Waals surface area contributed by atoms with Crippen LogP contribution in [0.3, 0.4) is 0 Å². The highest BCUT2D eigenvalue weighted by molar-refractivity contribution is 7.16. The maximum Gasteiger partial charge on any atom is 0.257 e. The van der Waals surface area contributed by atoms with Gasteiger partial charge in [0.15, 0.2) is 5.13 Å². The lowest BCUT2D eigenvalue weighted by atomic mass is 10.1. The van der Waals surface area contributed by atoms with E-state index in [9.17, 15) is 9.59 Å². The number of pyridine rings is 1. The number of nitrogens with zero attached hydrogens (tertiary/aromatic N) is 2. The fraction of sp³-hybridized carbons (Fsp3) is 0.238. The number of amides is 2. The molecule has 142 valence electrons. The molecule has 1 aliphatic rings. The van der Waals surface area contributed by atoms with Crippen molar-refractivity contribution in [2.24, 2.45) is 0 Å². The van der Waals surface area contributed by atoms with Crippen LogP contribution in [0, 0.1) is 6.92 Å². The van der Waals surface area contributed by atoms with Gasteiger partial charge in [-0.15, -0.1) is 11.3 Å². The first-order chi connectivity index (χ1) is 13.6. The number of rotatable bonds is 5. The lowest BCUT2D eigenvalue weighted by Crippen LogP contribution is -2.28. The average molecular weight is 392 g/mol. The molecule has 0 radical (unpaired) electrons. The number of hydrogen-bond donors (Lipinski definition) is 2. The topological polar surface area (TPSA) is 84.0 Å². The smallest absolute Gasteiger partial charge is 0.257 e. The van der Waals surface area contributed by atoms with Gasteiger partial charge in [0.25, 0.3) is 5.91 Å². The van der Waals surface area contributed by atoms with Crippen molar-refractivity contribution in [3.8, 4) is 0 Å². The molecule has 2 heterocycles. The SMILES string of the molecule is Cc1ccc(C(=O)Nc2nc3c(s2)CC[C@H]3C(=O)NCc2ccccn2)cc1. The number of aromatic nitrogens is 2. The Bertz CT molecular complexity index is 999. The van der Waals surface area contributed by atoms with Crippen molar-refractivity contribution in [2.45, 2.75) is 32.2 Å². The van der Waals surface area contributed by atoms with Crippen molar-refractivity contribution < 1.29 is 9.59 Å². The summed E-state index contributed by atoms with van der Waals surface area (Å²) in [5.74, 6) is -0.519. The Hall–Kier alpha value is -3.06. The normalized spacial score (nSPS) is 15.1. The van der Waals surface area contributed by atoms with E-state index < -0.39 is 0 Å². The van der Waals surface area contributed by atoms with E-state index in [-0.39, 0.29) is 17.7 Å². The second-order valence-electron chi connectivity index (χ2n) is 6.78. The maximum absolute atomic E-state index is 12.6. The van der Waals surface area contributed by atoms with E-state index in [1.807, 2.05) is 37.3 Å². The first-order valence-corrected chi connectivity index (χ1v) is 9.97. The molecule has 2 aromatic heterocycles. The molecular formula is C21H20N4O2S. The zero-order valence-corrected chi connectivity index (χ0v) is 16.3. The minimum atomic E-state index is -0.278. The monoisotopic (exact) mass is 392 g/mol. The molecule has 7 heteroatoms. The van der Waals surface area contributed by atoms with E-state index in [1.54, 1.807) is 18.3 Å². The van der Waals surface area contributed by atoms with Crippen LogP contribution in [0.2, 0.25) is 0 Å². The molecule has 0 bridgehead atoms. The van der Waals surface area contributed by atoms with Gasteiger partial charge in [-0.25, -0.2) is 4.98 Å². The van der Waals surface area contributed by atoms with Crippen LogP contribution in [0.1, 0.15) is 44.5 Å². The third-order valence-corrected chi connectivity index (χ3v) is 5.78. The molecule has 1 atom stereocenters. The summed E-state index contributed by atoms with van der Waals surface area (Å²) in [7, 11) is 0. The van der Waals surface area contributed by atoms with Crippen molar-refractivity contribution in [3.05, 3.63) is 76.1 Å². The number of benzene rings is 1. The first kappa shape index (κ1) is 18.3. The number of hydrogen-bond acceptors (Lipinski definition) is 5. The molecule has 0 unspecified atom stereocenters. The van der Waals surface area contributed by atoms with Gasteiger partial charge in [0.05, 0.1) is 23.9 Å². The highest BCUT2D eigenvalue weighted by Gasteiger charge is 2.32. The third kappa shape index (κ3) is 3.94. The predicted octanol–water partition coefficient (Wildman–Crippen LogP) is 3.45. The Morgan fingerprint density at radius 3 is 2.75 bits per heavy atom. The van der Waals surface area contributed by atoms with Gasteiger partial charge in [0, 0.05) is 16.6 Å². The number of carbonyl (C=O) groups is 2. The zero-order valence-electron chi connectivity index (χ0n) is 15.4. The summed E-state index contributed by atoms with van der Waals surface area (Å²) >= 11 is 1.45. The summed E-state index contributed by atoms with van der Waals surface area (Å²) in [6.07, 6.45) is 3.25. The van der Waals surface area contributed by atoms with Crippen molar-refractivity contribution >= 4 is 28.3 Å². The molecule has 3 aromatic rings. The molecule has 1 aromatic carbocycles. The van der Waals surface area contributed by atoms with Crippen LogP contribution in [-0.2, 0) is 17.8 Å². The Morgan fingerprint density at radius 2 is 2.00 bits per heavy atom. The molecule has 0 saturated heterocycles. The molecule has 0 aliphatic heterocycles. The van der Waals surface area contributed by atoms with Gasteiger partial charge in [0.2, 0.25) is 5.91 Å². The maximum atomic E-state index is 12.6. The molecule has 2 N–H and O–H groups in total. The van der Waals surface area contributed by atoms with Crippen LogP contribution in [0.15, 0.2) is 48.7 Å². The van der Waals surface area contributed by atoms with Crippen LogP contribution in [0.4, 0.5) is 5.13 Å². The summed E-state index contributed by atoms with van der Waals surface area (Å²) < 4.78 is 0. The molecule has 0 spiro atoms. The van der Waals surface area contributed by atoms with Crippen LogP contribution in [-0.4, -0.2) is 21.8 Å². The van der Waals surface area contributed by atoms with Gasteiger partial charge < -0.3 is 5.32 Å². The van der Waals surface area contributed by atoms with Crippen LogP contribution in [0.5, 0.6) is 0 Å². The van der Waals surface area contributed by atoms with Crippen molar-refractivity contribution in [1.29, 1.82) is 0 Å². The number of aryl methyl sites for hydroxylation is 2. The standard InChI is InChI=1S/C21H20N4O2S/c1-13-5-7-14(8-6-13)19(26)25-21-24-18-16(9-10-17(18)28-21)20(27)23-12-15-4-2-3-11-22-15/h2-8,11,16H,9-10,12H2,1H3,(H,23,27)(H,24,25,26)/t16-/m1/s1. The molecule has 0 saturated carbocycles. The van der Waals surface area contributed by atoms with Gasteiger partial charge in [-0.05, 0) is 44.0 Å². The Balaban J connectivity index is 1.41. The number of carbonyl (C=O) groups excluding carboxylic acids is 2. The summed E-state index contributed by atoms with van der Waals surface area (Å²) in [4.78, 5) is 34.8. The second-order valence-corrected chi connectivity index (χ2v) is 7.86. The zero-order chi connectivity index (χ0) is 19.5. The van der Waals surface area contributed by atoms with Crippen molar-refractivity contribution in [1.82, 2.24) is 15.3 Å². The largest absolute Gasteiger partial charge is 0.350 e. The van der Waals surface area contributed by atoms with Gasteiger partial charge in [-0.1, -0.05) is 23.8 Å². The van der Waals surface area contributed by atoms with Crippen LogP contribution >= 0.6 is 11.3 Å². The van der Waals surface area contributed by atoms with Gasteiger partial charge in [0.1, 0.15) is 0 Å². The minimum Gasteiger partial charge on any atom is -0.350 e. The molecule has 28 heavy (non-hydrogen) atoms. The van der Waals surface area contributed by atoms with Crippen molar-refractivity contribution in [2.75, 3.05) is 5.32 Å². The highest BCUT2D eigenvalue weighted by Crippen LogP contribution is 2.38. The average Bonchev–Trinajstić information content (AvgIpc) is 3.27. The lowest BCUT2D eigenvalue weighted by Gasteiger charge is -2.10. The van der Waals surface area contributed by atoms with Gasteiger partial charge >= 0.3 is 0 Å². The summed E-state index contributed by atoms with van der Waals surface area (Å²) in [6.45, 7) is 2.37. The first-order valence-electron chi connectivity index (χ1n) is 9.15. The Labute approximate surface area is 167 Å². The highest BCUT2D eigenvalue weighted by atomic mass is 32.1. The quantitative estimate of drug-likeness (QED) is 0.697. The summed E-state index contributed by atoms with van der Waals surface area (Å²) in [5.41, 5.74) is 3.29. The van der Waals surface area contributed by atoms with Crippen LogP contribution < -0.4 is 10.6 Å². The lowest BCUT2D eigenvalue weighted by molar-refractivity contribution is -0.122. The number of thiazole rings is 1. The van der Waals surface area contributed by atoms with Crippen LogP contribution in [0.25, 0.3) is 0 Å². The summed E-state index contributed by atoms with van der Waals surface area (Å²) in [6, 6.07) is 13.0. The molecule has 0 fully saturated rings. The molecule has 4 rings (SSSR count). The van der Waals surface area contributed by atoms with E-state index in [2.05, 4.69) is 20.6 Å². The molecule has 2 amide bonds. The van der Waals surface area contributed by atoms with Crippen molar-refractivity contribution in [3.63, 3.8) is 0 Å². The minimum absolute atomic E-state index is 0.0499. The second kappa shape index (κ2) is 7.90. The van der Waals surface area contributed by atoms with E-state index in [4.69, 9.17) is 0 Å². The molecular weight excluding hydrogens is 372 g/mol. The van der Waals surface area contributed by atoms with E-state index >= 15 is 0 Å². The fourth-order valence-electron chi connectivity index (χ4n) is 3.21. The number of anilines is 1. The van der Waals surface area contributed by atoms with E-state index in [1.165, 1.54) is 11.3 Å². The Morgan fingerprint density at radius 1 is 1.18 bits per heavy atom.